The van der Waals surface area contributed by atoms with E-state index in [9.17, 15) is 5.11 Å². The van der Waals surface area contributed by atoms with E-state index in [0.717, 1.165) is 60.0 Å². The molecular weight excluding hydrogens is 380 g/mol. The minimum Gasteiger partial charge on any atom is -0.389 e. The third-order valence-corrected chi connectivity index (χ3v) is 5.67. The zero-order valence-electron chi connectivity index (χ0n) is 17.7. The van der Waals surface area contributed by atoms with Crippen molar-refractivity contribution in [2.75, 3.05) is 31.7 Å². The van der Waals surface area contributed by atoms with Crippen LogP contribution in [0.2, 0.25) is 0 Å². The van der Waals surface area contributed by atoms with Gasteiger partial charge in [0, 0.05) is 43.0 Å². The Hall–Kier alpha value is -2.48. The summed E-state index contributed by atoms with van der Waals surface area (Å²) in [4.78, 5) is 4.70. The lowest BCUT2D eigenvalue weighted by Crippen LogP contribution is -2.26. The topological polar surface area (TPSA) is 80.9 Å². The van der Waals surface area contributed by atoms with Crippen LogP contribution in [0.5, 0.6) is 0 Å². The third-order valence-electron chi connectivity index (χ3n) is 5.67. The summed E-state index contributed by atoms with van der Waals surface area (Å²) in [5.74, 6) is 1.28. The fourth-order valence-electron chi connectivity index (χ4n) is 3.78. The first-order chi connectivity index (χ1) is 14.6. The molecule has 3 aromatic rings. The number of rotatable bonds is 8. The molecule has 1 atom stereocenters. The van der Waals surface area contributed by atoms with Crippen molar-refractivity contribution in [1.82, 2.24) is 14.6 Å². The molecule has 1 aliphatic heterocycles. The van der Waals surface area contributed by atoms with Gasteiger partial charge in [-0.2, -0.15) is 9.61 Å². The number of aliphatic hydroxyl groups is 1. The van der Waals surface area contributed by atoms with E-state index in [1.165, 1.54) is 0 Å². The lowest BCUT2D eigenvalue weighted by Gasteiger charge is -2.19. The summed E-state index contributed by atoms with van der Waals surface area (Å²) in [6, 6.07) is 12.0. The van der Waals surface area contributed by atoms with Crippen molar-refractivity contribution in [1.29, 1.82) is 0 Å². The highest BCUT2D eigenvalue weighted by Gasteiger charge is 2.21. The molecule has 30 heavy (non-hydrogen) atoms. The maximum atomic E-state index is 10.4. The summed E-state index contributed by atoms with van der Waals surface area (Å²) < 4.78 is 13.0. The maximum absolute atomic E-state index is 10.4. The van der Waals surface area contributed by atoms with Crippen LogP contribution < -0.4 is 5.32 Å². The van der Waals surface area contributed by atoms with Crippen LogP contribution in [0.1, 0.15) is 41.3 Å². The highest BCUT2D eigenvalue weighted by molar-refractivity contribution is 5.55. The minimum atomic E-state index is -0.623. The van der Waals surface area contributed by atoms with E-state index in [0.29, 0.717) is 19.1 Å². The molecule has 1 unspecified atom stereocenters. The summed E-state index contributed by atoms with van der Waals surface area (Å²) >= 11 is 0. The molecule has 3 heterocycles. The van der Waals surface area contributed by atoms with E-state index < -0.39 is 6.10 Å². The quantitative estimate of drug-likeness (QED) is 0.593. The van der Waals surface area contributed by atoms with Gasteiger partial charge in [-0.25, -0.2) is 4.98 Å². The van der Waals surface area contributed by atoms with Crippen LogP contribution in [-0.2, 0) is 16.1 Å². The summed E-state index contributed by atoms with van der Waals surface area (Å²) in [6.45, 7) is 6.72. The molecule has 2 aromatic heterocycles. The standard InChI is InChI=1S/C23H30N4O3/c1-16-17(2)25-22-12-21(19-8-10-29-11-9-19)26-27(22)23(16)24-13-20(28)15-30-14-18-6-4-3-5-7-18/h3-7,12,19-20,24,28H,8-11,13-15H2,1-2H3. The van der Waals surface area contributed by atoms with Gasteiger partial charge in [-0.05, 0) is 32.3 Å². The number of hydrogen-bond acceptors (Lipinski definition) is 6. The molecule has 0 bridgehead atoms. The Morgan fingerprint density at radius 1 is 1.23 bits per heavy atom. The first-order valence-corrected chi connectivity index (χ1v) is 10.6. The molecule has 0 radical (unpaired) electrons. The van der Waals surface area contributed by atoms with Crippen LogP contribution in [0.25, 0.3) is 5.65 Å². The normalized spacial score (nSPS) is 16.1. The number of nitrogens with one attached hydrogen (secondary N) is 1. The SMILES string of the molecule is Cc1nc2cc(C3CCOCC3)nn2c(NCC(O)COCc2ccccc2)c1C. The van der Waals surface area contributed by atoms with Gasteiger partial charge in [-0.15, -0.1) is 0 Å². The molecule has 0 saturated carbocycles. The second kappa shape index (κ2) is 9.55. The average Bonchev–Trinajstić information content (AvgIpc) is 3.19. The summed E-state index contributed by atoms with van der Waals surface area (Å²) in [5.41, 5.74) is 4.97. The number of anilines is 1. The van der Waals surface area contributed by atoms with Crippen molar-refractivity contribution < 1.29 is 14.6 Å². The fraction of sp³-hybridized carbons (Fsp3) is 0.478. The molecule has 160 valence electrons. The summed E-state index contributed by atoms with van der Waals surface area (Å²) in [6.07, 6.45) is 1.35. The fourth-order valence-corrected chi connectivity index (χ4v) is 3.78. The summed E-state index contributed by atoms with van der Waals surface area (Å²) in [5, 5.41) is 18.6. The van der Waals surface area contributed by atoms with Crippen molar-refractivity contribution in [3.63, 3.8) is 0 Å². The van der Waals surface area contributed by atoms with Gasteiger partial charge in [0.05, 0.1) is 25.0 Å². The summed E-state index contributed by atoms with van der Waals surface area (Å²) in [7, 11) is 0. The van der Waals surface area contributed by atoms with E-state index in [2.05, 4.69) is 11.4 Å². The van der Waals surface area contributed by atoms with Crippen molar-refractivity contribution >= 4 is 11.5 Å². The molecule has 7 heteroatoms. The van der Waals surface area contributed by atoms with Gasteiger partial charge in [0.15, 0.2) is 5.65 Å². The van der Waals surface area contributed by atoms with Crippen molar-refractivity contribution in [2.45, 2.75) is 45.3 Å². The largest absolute Gasteiger partial charge is 0.389 e. The van der Waals surface area contributed by atoms with Crippen LogP contribution in [0.3, 0.4) is 0 Å². The van der Waals surface area contributed by atoms with E-state index in [4.69, 9.17) is 19.6 Å². The van der Waals surface area contributed by atoms with Crippen molar-refractivity contribution in [3.05, 3.63) is 58.9 Å². The predicted octanol–water partition coefficient (Wildman–Crippen LogP) is 3.23. The lowest BCUT2D eigenvalue weighted by atomic mass is 9.97. The highest BCUT2D eigenvalue weighted by atomic mass is 16.5. The van der Waals surface area contributed by atoms with Gasteiger partial charge in [0.1, 0.15) is 5.82 Å². The van der Waals surface area contributed by atoms with Gasteiger partial charge >= 0.3 is 0 Å². The number of aliphatic hydroxyl groups excluding tert-OH is 1. The van der Waals surface area contributed by atoms with E-state index in [-0.39, 0.29) is 6.61 Å². The Morgan fingerprint density at radius 2 is 2.00 bits per heavy atom. The van der Waals surface area contributed by atoms with Crippen molar-refractivity contribution in [3.8, 4) is 0 Å². The third kappa shape index (κ3) is 4.80. The van der Waals surface area contributed by atoms with Crippen LogP contribution in [0, 0.1) is 13.8 Å². The zero-order valence-corrected chi connectivity index (χ0v) is 17.7. The maximum Gasteiger partial charge on any atom is 0.157 e. The monoisotopic (exact) mass is 410 g/mol. The van der Waals surface area contributed by atoms with E-state index >= 15 is 0 Å². The van der Waals surface area contributed by atoms with E-state index in [1.807, 2.05) is 48.7 Å². The Kier molecular flexibility index (Phi) is 6.62. The molecular formula is C23H30N4O3. The Bertz CT molecular complexity index is 967. The lowest BCUT2D eigenvalue weighted by molar-refractivity contribution is 0.0348. The Balaban J connectivity index is 1.42. The second-order valence-electron chi connectivity index (χ2n) is 7.93. The van der Waals surface area contributed by atoms with Gasteiger partial charge < -0.3 is 19.9 Å². The molecule has 1 saturated heterocycles. The van der Waals surface area contributed by atoms with Gasteiger partial charge in [0.25, 0.3) is 0 Å². The average molecular weight is 411 g/mol. The molecule has 2 N–H and O–H groups in total. The van der Waals surface area contributed by atoms with Crippen LogP contribution in [0.4, 0.5) is 5.82 Å². The number of hydrogen-bond donors (Lipinski definition) is 2. The molecule has 1 aliphatic rings. The number of aryl methyl sites for hydroxylation is 1. The zero-order chi connectivity index (χ0) is 20.9. The van der Waals surface area contributed by atoms with E-state index in [1.54, 1.807) is 0 Å². The number of benzene rings is 1. The van der Waals surface area contributed by atoms with Gasteiger partial charge in [0.2, 0.25) is 0 Å². The number of ether oxygens (including phenoxy) is 2. The smallest absolute Gasteiger partial charge is 0.157 e. The Morgan fingerprint density at radius 3 is 2.77 bits per heavy atom. The first-order valence-electron chi connectivity index (χ1n) is 10.6. The second-order valence-corrected chi connectivity index (χ2v) is 7.93. The number of aromatic nitrogens is 3. The molecule has 7 nitrogen and oxygen atoms in total. The molecule has 0 spiro atoms. The number of nitrogens with zero attached hydrogens (tertiary/aromatic N) is 3. The predicted molar refractivity (Wildman–Crippen MR) is 116 cm³/mol. The van der Waals surface area contributed by atoms with Crippen LogP contribution in [0.15, 0.2) is 36.4 Å². The molecule has 1 fully saturated rings. The Labute approximate surface area is 177 Å². The van der Waals surface area contributed by atoms with Crippen molar-refractivity contribution in [2.24, 2.45) is 0 Å². The highest BCUT2D eigenvalue weighted by Crippen LogP contribution is 2.28. The molecule has 0 amide bonds. The molecule has 1 aromatic carbocycles. The van der Waals surface area contributed by atoms with Gasteiger partial charge in [-0.1, -0.05) is 30.3 Å². The first kappa shape index (κ1) is 20.8. The van der Waals surface area contributed by atoms with Gasteiger partial charge in [-0.3, -0.25) is 0 Å². The number of fused-ring (bicyclic) bond motifs is 1. The molecule has 4 rings (SSSR count). The van der Waals surface area contributed by atoms with Crippen LogP contribution in [-0.4, -0.2) is 52.2 Å². The molecule has 0 aliphatic carbocycles. The van der Waals surface area contributed by atoms with Crippen LogP contribution >= 0.6 is 0 Å². The minimum absolute atomic E-state index is 0.264.